The van der Waals surface area contributed by atoms with Gasteiger partial charge in [-0.1, -0.05) is 0 Å². The maximum Gasteiger partial charge on any atom is 3.00 e. The van der Waals surface area contributed by atoms with Crippen molar-refractivity contribution in [3.8, 4) is 0 Å². The summed E-state index contributed by atoms with van der Waals surface area (Å²) >= 11 is 4.64. The molecule has 42 heavy (non-hydrogen) atoms. The van der Waals surface area contributed by atoms with Crippen molar-refractivity contribution >= 4 is 52.6 Å². The number of hydrogen-bond acceptors (Lipinski definition) is 15. The fourth-order valence-corrected chi connectivity index (χ4v) is 4.45. The Kier molecular flexibility index (Phi) is 21.8. The first-order chi connectivity index (χ1) is 19.0. The van der Waals surface area contributed by atoms with Crippen LogP contribution in [0.3, 0.4) is 0 Å². The van der Waals surface area contributed by atoms with Gasteiger partial charge in [0.05, 0.1) is 34.7 Å². The quantitative estimate of drug-likeness (QED) is 0.125. The van der Waals surface area contributed by atoms with Gasteiger partial charge in [-0.15, -0.1) is 0 Å². The molecule has 1 aliphatic rings. The van der Waals surface area contributed by atoms with Gasteiger partial charge in [0.15, 0.2) is 0 Å². The Balaban J connectivity index is 0.00000840. The first-order valence-electron chi connectivity index (χ1n) is 12.7. The van der Waals surface area contributed by atoms with Crippen LogP contribution in [0.25, 0.3) is 0 Å². The maximum atomic E-state index is 11.4. The molecule has 17 heteroatoms. The Bertz CT molecular complexity index is 1010. The molecule has 1 radical (unpaired) electrons. The number of aliphatic carboxylic acids is 4. The van der Waals surface area contributed by atoms with Crippen molar-refractivity contribution in [3.05, 3.63) is 24.3 Å². The van der Waals surface area contributed by atoms with Crippen LogP contribution in [-0.4, -0.2) is 140 Å². The molecule has 14 nitrogen and oxygen atoms in total. The number of thiocarbonyl (C=S) groups is 1. The molecule has 0 bridgehead atoms. The summed E-state index contributed by atoms with van der Waals surface area (Å²) in [5, 5.41) is 47.9. The van der Waals surface area contributed by atoms with Gasteiger partial charge in [0.25, 0.3) is 0 Å². The molecule has 0 atom stereocenters. The predicted octanol–water partition coefficient (Wildman–Crippen LogP) is -8.55. The third-order valence-electron chi connectivity index (χ3n) is 6.37. The zero-order valence-corrected chi connectivity index (χ0v) is 28.9. The number of isothiocyanates is 1. The van der Waals surface area contributed by atoms with Crippen LogP contribution in [0.15, 0.2) is 29.3 Å². The van der Waals surface area contributed by atoms with Crippen molar-refractivity contribution < 1.29 is 110 Å². The van der Waals surface area contributed by atoms with E-state index in [1.165, 1.54) is 9.80 Å². The van der Waals surface area contributed by atoms with Crippen LogP contribution in [-0.2, 0) is 19.2 Å². The third kappa shape index (κ3) is 17.2. The van der Waals surface area contributed by atoms with E-state index in [2.05, 4.69) is 22.4 Å². The number of nitrogens with zero attached hydrogens (tertiary/aromatic N) is 6. The molecule has 1 fully saturated rings. The molecule has 0 amide bonds. The number of carbonyl (C=O) groups excluding carboxylic acids is 4. The standard InChI is InChI=1S/C25H36N6O8S.Na.Sm/c32-22(33)15-27-5-6-28(16-23(34)35)8-10-30(18-25(38)39)12-14-31(13-11-29(9-7-27)17-24(36)37)21-3-1-20(2-4-21)26-19-40;;/h1-4H,5-18H2,(H,32,33)(H,34,35)(H,36,37)(H,38,39);;/q;+1;+3/p-4. The summed E-state index contributed by atoms with van der Waals surface area (Å²) < 4.78 is 0. The second-order valence-electron chi connectivity index (χ2n) is 9.30. The van der Waals surface area contributed by atoms with Gasteiger partial charge in [0.2, 0.25) is 0 Å². The molecule has 0 N–H and O–H groups in total. The fraction of sp³-hybridized carbons (Fsp3) is 0.560. The molecular weight excluding hydrogens is 718 g/mol. The number of carbonyl (C=O) groups is 4. The number of benzene rings is 1. The number of aliphatic imine (C=N–C) groups is 1. The van der Waals surface area contributed by atoms with Crippen LogP contribution in [0.2, 0.25) is 0 Å². The molecule has 0 saturated carbocycles. The van der Waals surface area contributed by atoms with E-state index in [-0.39, 0.29) is 135 Å². The summed E-state index contributed by atoms with van der Waals surface area (Å²) in [7, 11) is 0. The second kappa shape index (κ2) is 22.4. The van der Waals surface area contributed by atoms with Crippen molar-refractivity contribution in [3.63, 3.8) is 0 Å². The molecule has 0 spiro atoms. The number of anilines is 1. The van der Waals surface area contributed by atoms with Crippen molar-refractivity contribution in [1.29, 1.82) is 0 Å². The Labute approximate surface area is 304 Å². The minimum Gasteiger partial charge on any atom is -0.549 e. The average Bonchev–Trinajstić information content (AvgIpc) is 2.87. The van der Waals surface area contributed by atoms with Gasteiger partial charge in [-0.25, -0.2) is 0 Å². The predicted molar refractivity (Wildman–Crippen MR) is 139 cm³/mol. The summed E-state index contributed by atoms with van der Waals surface area (Å²) in [6, 6.07) is 7.07. The Hall–Kier alpha value is -1.12. The molecule has 0 aromatic heterocycles. The average molecular weight is 750 g/mol. The Morgan fingerprint density at radius 1 is 0.619 bits per heavy atom. The third-order valence-corrected chi connectivity index (χ3v) is 6.46. The van der Waals surface area contributed by atoms with E-state index < -0.39 is 37.0 Å². The topological polar surface area (TPSA) is 189 Å². The van der Waals surface area contributed by atoms with Crippen LogP contribution >= 0.6 is 12.2 Å². The van der Waals surface area contributed by atoms with E-state index >= 15 is 0 Å². The summed E-state index contributed by atoms with van der Waals surface area (Å²) in [4.78, 5) is 57.8. The summed E-state index contributed by atoms with van der Waals surface area (Å²) in [6.45, 7) is 0.731. The molecule has 1 heterocycles. The minimum absolute atomic E-state index is 0. The SMILES string of the molecule is O=C([O-])CN1CCN(CC(=O)[O-])CCN(CC(=O)[O-])CCN(c2ccc(N=C=S)cc2)CCN(CC(=O)[O-])CC1.[Na+].[Sm+3]. The van der Waals surface area contributed by atoms with Crippen LogP contribution in [0.1, 0.15) is 0 Å². The number of carboxylic acids is 4. The maximum absolute atomic E-state index is 11.4. The van der Waals surface area contributed by atoms with E-state index in [0.29, 0.717) is 18.8 Å². The van der Waals surface area contributed by atoms with Crippen LogP contribution in [0.5, 0.6) is 0 Å². The molecule has 0 aliphatic carbocycles. The molecule has 1 saturated heterocycles. The number of rotatable bonds is 10. The van der Waals surface area contributed by atoms with Gasteiger partial charge >= 0.3 is 69.9 Å². The van der Waals surface area contributed by atoms with Crippen LogP contribution in [0.4, 0.5) is 11.4 Å². The van der Waals surface area contributed by atoms with Gasteiger partial charge < -0.3 is 44.5 Å². The van der Waals surface area contributed by atoms with Gasteiger partial charge in [-0.2, -0.15) is 4.99 Å². The van der Waals surface area contributed by atoms with E-state index in [1.807, 2.05) is 4.90 Å². The van der Waals surface area contributed by atoms with Crippen LogP contribution < -0.4 is 54.9 Å². The number of carboxylic acid groups (broad SMARTS) is 4. The molecule has 223 valence electrons. The minimum atomic E-state index is -1.33. The van der Waals surface area contributed by atoms with Gasteiger partial charge in [0, 0.05) is 97.3 Å². The Morgan fingerprint density at radius 2 is 0.905 bits per heavy atom. The fourth-order valence-electron chi connectivity index (χ4n) is 4.34. The summed E-state index contributed by atoms with van der Waals surface area (Å²) in [5.74, 6) is -5.25. The smallest absolute Gasteiger partial charge is 0.549 e. The Morgan fingerprint density at radius 3 is 1.17 bits per heavy atom. The van der Waals surface area contributed by atoms with E-state index in [0.717, 1.165) is 5.69 Å². The molecule has 0 unspecified atom stereocenters. The van der Waals surface area contributed by atoms with Crippen molar-refractivity contribution in [2.75, 3.05) is 96.5 Å². The zero-order chi connectivity index (χ0) is 29.5. The monoisotopic (exact) mass is 751 g/mol. The van der Waals surface area contributed by atoms with E-state index in [9.17, 15) is 39.6 Å². The van der Waals surface area contributed by atoms with Gasteiger partial charge in [0.1, 0.15) is 0 Å². The van der Waals surface area contributed by atoms with Crippen molar-refractivity contribution in [1.82, 2.24) is 19.6 Å². The van der Waals surface area contributed by atoms with Gasteiger partial charge in [-0.05, 0) is 36.5 Å². The normalized spacial score (nSPS) is 16.9. The molecule has 2 rings (SSSR count). The summed E-state index contributed by atoms with van der Waals surface area (Å²) in [5.41, 5.74) is 1.36. The summed E-state index contributed by atoms with van der Waals surface area (Å²) in [6.07, 6.45) is 0. The molecular formula is C25H32N6NaO8SSm. The molecule has 1 aromatic rings. The first kappa shape index (κ1) is 40.9. The van der Waals surface area contributed by atoms with E-state index in [1.54, 1.807) is 34.1 Å². The zero-order valence-electron chi connectivity index (χ0n) is 23.5. The van der Waals surface area contributed by atoms with E-state index in [4.69, 9.17) is 0 Å². The van der Waals surface area contributed by atoms with Gasteiger partial charge in [-0.3, -0.25) is 19.6 Å². The largest absolute Gasteiger partial charge is 3.00 e. The second-order valence-corrected chi connectivity index (χ2v) is 9.48. The van der Waals surface area contributed by atoms with Crippen molar-refractivity contribution in [2.45, 2.75) is 0 Å². The molecule has 1 aliphatic heterocycles. The first-order valence-corrected chi connectivity index (χ1v) is 13.1. The van der Waals surface area contributed by atoms with Crippen molar-refractivity contribution in [2.24, 2.45) is 4.99 Å². The number of hydrogen-bond donors (Lipinski definition) is 0. The van der Waals surface area contributed by atoms with Crippen LogP contribution in [0, 0.1) is 40.4 Å². The molecule has 1 aromatic carbocycles.